The summed E-state index contributed by atoms with van der Waals surface area (Å²) in [5.41, 5.74) is 1.07. The van der Waals surface area contributed by atoms with Crippen molar-refractivity contribution in [1.29, 1.82) is 0 Å². The molecule has 1 saturated heterocycles. The Balaban J connectivity index is 1.74. The fourth-order valence-electron chi connectivity index (χ4n) is 1.68. The third kappa shape index (κ3) is 3.46. The van der Waals surface area contributed by atoms with E-state index in [2.05, 4.69) is 5.32 Å². The summed E-state index contributed by atoms with van der Waals surface area (Å²) in [5.74, 6) is 1.33. The number of hydrogen-bond acceptors (Lipinski definition) is 3. The van der Waals surface area contributed by atoms with E-state index in [9.17, 15) is 4.79 Å². The molecule has 1 fully saturated rings. The first-order valence-electron chi connectivity index (χ1n) is 5.75. The number of benzene rings is 1. The first-order valence-corrected chi connectivity index (χ1v) is 5.75. The number of carbonyl (C=O) groups excluding carboxylic acids is 1. The maximum absolute atomic E-state index is 11.6. The Morgan fingerprint density at radius 2 is 2.12 bits per heavy atom. The SMILES string of the molecule is COc1ccc(CNC(=O)CC2COC2)cc1. The smallest absolute Gasteiger partial charge is 0.220 e. The van der Waals surface area contributed by atoms with Crippen LogP contribution in [0.5, 0.6) is 5.75 Å². The zero-order valence-electron chi connectivity index (χ0n) is 9.94. The molecule has 0 saturated carbocycles. The van der Waals surface area contributed by atoms with E-state index in [4.69, 9.17) is 9.47 Å². The van der Waals surface area contributed by atoms with Crippen molar-refractivity contribution >= 4 is 5.91 Å². The van der Waals surface area contributed by atoms with Gasteiger partial charge in [-0.2, -0.15) is 0 Å². The van der Waals surface area contributed by atoms with Gasteiger partial charge in [-0.3, -0.25) is 4.79 Å². The molecule has 0 unspecified atom stereocenters. The summed E-state index contributed by atoms with van der Waals surface area (Å²) in [7, 11) is 1.64. The molecule has 1 aliphatic rings. The van der Waals surface area contributed by atoms with Crippen molar-refractivity contribution in [2.75, 3.05) is 20.3 Å². The van der Waals surface area contributed by atoms with Crippen molar-refractivity contribution in [1.82, 2.24) is 5.32 Å². The van der Waals surface area contributed by atoms with Crippen molar-refractivity contribution in [3.63, 3.8) is 0 Å². The highest BCUT2D eigenvalue weighted by molar-refractivity contribution is 5.76. The molecule has 1 aromatic carbocycles. The summed E-state index contributed by atoms with van der Waals surface area (Å²) in [6.07, 6.45) is 0.566. The minimum atomic E-state index is 0.0918. The molecular weight excluding hydrogens is 218 g/mol. The van der Waals surface area contributed by atoms with Gasteiger partial charge in [0.2, 0.25) is 5.91 Å². The summed E-state index contributed by atoms with van der Waals surface area (Å²) in [6, 6.07) is 7.68. The van der Waals surface area contributed by atoms with E-state index >= 15 is 0 Å². The molecular formula is C13H17NO3. The van der Waals surface area contributed by atoms with Crippen LogP contribution in [0, 0.1) is 5.92 Å². The predicted molar refractivity (Wildman–Crippen MR) is 63.8 cm³/mol. The van der Waals surface area contributed by atoms with Crippen LogP contribution in [0.1, 0.15) is 12.0 Å². The van der Waals surface area contributed by atoms with Crippen molar-refractivity contribution in [3.8, 4) is 5.75 Å². The molecule has 0 atom stereocenters. The summed E-state index contributed by atoms with van der Waals surface area (Å²) >= 11 is 0. The maximum atomic E-state index is 11.6. The van der Waals surface area contributed by atoms with Crippen LogP contribution >= 0.6 is 0 Å². The molecule has 2 rings (SSSR count). The fourth-order valence-corrected chi connectivity index (χ4v) is 1.68. The molecule has 1 amide bonds. The molecule has 92 valence electrons. The molecule has 1 aliphatic heterocycles. The van der Waals surface area contributed by atoms with Gasteiger partial charge in [-0.1, -0.05) is 12.1 Å². The summed E-state index contributed by atoms with van der Waals surface area (Å²) < 4.78 is 10.1. The second-order valence-corrected chi connectivity index (χ2v) is 4.23. The molecule has 1 aromatic rings. The van der Waals surface area contributed by atoms with E-state index < -0.39 is 0 Å². The number of nitrogens with one attached hydrogen (secondary N) is 1. The molecule has 0 aliphatic carbocycles. The van der Waals surface area contributed by atoms with E-state index in [0.717, 1.165) is 24.5 Å². The lowest BCUT2D eigenvalue weighted by atomic mass is 10.0. The Bertz CT molecular complexity index is 371. The summed E-state index contributed by atoms with van der Waals surface area (Å²) in [6.45, 7) is 2.00. The van der Waals surface area contributed by atoms with Gasteiger partial charge >= 0.3 is 0 Å². The number of hydrogen-bond donors (Lipinski definition) is 1. The number of methoxy groups -OCH3 is 1. The van der Waals surface area contributed by atoms with E-state index in [0.29, 0.717) is 18.9 Å². The lowest BCUT2D eigenvalue weighted by molar-refractivity contribution is -0.126. The Hall–Kier alpha value is -1.55. The number of amides is 1. The van der Waals surface area contributed by atoms with Gasteiger partial charge in [-0.15, -0.1) is 0 Å². The van der Waals surface area contributed by atoms with Crippen LogP contribution in [-0.2, 0) is 16.1 Å². The third-order valence-electron chi connectivity index (χ3n) is 2.83. The van der Waals surface area contributed by atoms with Crippen molar-refractivity contribution in [2.45, 2.75) is 13.0 Å². The average Bonchev–Trinajstić information content (AvgIpc) is 2.32. The number of carbonyl (C=O) groups is 1. The van der Waals surface area contributed by atoms with Crippen molar-refractivity contribution in [2.24, 2.45) is 5.92 Å². The van der Waals surface area contributed by atoms with E-state index in [1.807, 2.05) is 24.3 Å². The lowest BCUT2D eigenvalue weighted by Crippen LogP contribution is -2.34. The number of ether oxygens (including phenoxy) is 2. The fraction of sp³-hybridized carbons (Fsp3) is 0.462. The highest BCUT2D eigenvalue weighted by atomic mass is 16.5. The molecule has 17 heavy (non-hydrogen) atoms. The first kappa shape index (κ1) is 11.9. The molecule has 0 spiro atoms. The molecule has 4 nitrogen and oxygen atoms in total. The Morgan fingerprint density at radius 1 is 1.41 bits per heavy atom. The van der Waals surface area contributed by atoms with Crippen LogP contribution in [0.3, 0.4) is 0 Å². The van der Waals surface area contributed by atoms with Crippen molar-refractivity contribution < 1.29 is 14.3 Å². The molecule has 0 radical (unpaired) electrons. The van der Waals surface area contributed by atoms with Crippen LogP contribution in [0.15, 0.2) is 24.3 Å². The van der Waals surface area contributed by atoms with Crippen LogP contribution in [-0.4, -0.2) is 26.2 Å². The van der Waals surface area contributed by atoms with Crippen LogP contribution in [0.2, 0.25) is 0 Å². The monoisotopic (exact) mass is 235 g/mol. The molecule has 0 bridgehead atoms. The normalized spacial score (nSPS) is 15.1. The first-order chi connectivity index (χ1) is 8.28. The quantitative estimate of drug-likeness (QED) is 0.838. The van der Waals surface area contributed by atoms with Gasteiger partial charge in [-0.05, 0) is 17.7 Å². The zero-order valence-corrected chi connectivity index (χ0v) is 9.94. The average molecular weight is 235 g/mol. The molecule has 1 N–H and O–H groups in total. The number of rotatable bonds is 5. The minimum Gasteiger partial charge on any atom is -0.497 e. The largest absolute Gasteiger partial charge is 0.497 e. The lowest BCUT2D eigenvalue weighted by Gasteiger charge is -2.25. The van der Waals surface area contributed by atoms with E-state index in [1.165, 1.54) is 0 Å². The molecule has 1 heterocycles. The van der Waals surface area contributed by atoms with E-state index in [-0.39, 0.29) is 5.91 Å². The Kier molecular flexibility index (Phi) is 3.98. The van der Waals surface area contributed by atoms with Crippen LogP contribution < -0.4 is 10.1 Å². The van der Waals surface area contributed by atoms with Gasteiger partial charge in [-0.25, -0.2) is 0 Å². The highest BCUT2D eigenvalue weighted by Gasteiger charge is 2.21. The van der Waals surface area contributed by atoms with Gasteiger partial charge in [0.1, 0.15) is 5.75 Å². The van der Waals surface area contributed by atoms with Crippen LogP contribution in [0.25, 0.3) is 0 Å². The van der Waals surface area contributed by atoms with Crippen molar-refractivity contribution in [3.05, 3.63) is 29.8 Å². The second-order valence-electron chi connectivity index (χ2n) is 4.23. The van der Waals surface area contributed by atoms with Gasteiger partial charge in [0.05, 0.1) is 20.3 Å². The maximum Gasteiger partial charge on any atom is 0.220 e. The molecule has 4 heteroatoms. The van der Waals surface area contributed by atoms with Crippen LogP contribution in [0.4, 0.5) is 0 Å². The summed E-state index contributed by atoms with van der Waals surface area (Å²) in [5, 5.41) is 2.90. The van der Waals surface area contributed by atoms with Gasteiger partial charge in [0.25, 0.3) is 0 Å². The van der Waals surface area contributed by atoms with Gasteiger partial charge in [0, 0.05) is 18.9 Å². The Morgan fingerprint density at radius 3 is 2.65 bits per heavy atom. The Labute approximate surface area is 101 Å². The second kappa shape index (κ2) is 5.68. The third-order valence-corrected chi connectivity index (χ3v) is 2.83. The zero-order chi connectivity index (χ0) is 12.1. The molecule has 0 aromatic heterocycles. The summed E-state index contributed by atoms with van der Waals surface area (Å²) in [4.78, 5) is 11.6. The highest BCUT2D eigenvalue weighted by Crippen LogP contribution is 2.14. The van der Waals surface area contributed by atoms with Gasteiger partial charge < -0.3 is 14.8 Å². The van der Waals surface area contributed by atoms with E-state index in [1.54, 1.807) is 7.11 Å². The van der Waals surface area contributed by atoms with Gasteiger partial charge in [0.15, 0.2) is 0 Å². The topological polar surface area (TPSA) is 47.6 Å². The standard InChI is InChI=1S/C13H17NO3/c1-16-12-4-2-10(3-5-12)7-14-13(15)6-11-8-17-9-11/h2-5,11H,6-9H2,1H3,(H,14,15). The minimum absolute atomic E-state index is 0.0918. The predicted octanol–water partition coefficient (Wildman–Crippen LogP) is 1.35.